The number of amides is 1. The predicted octanol–water partition coefficient (Wildman–Crippen LogP) is 1.95. The highest BCUT2D eigenvalue weighted by molar-refractivity contribution is 5.85. The number of aromatic nitrogens is 2. The number of halogens is 1. The maximum atomic E-state index is 12.7. The molecule has 3 heterocycles. The molecule has 2 aliphatic heterocycles. The van der Waals surface area contributed by atoms with Gasteiger partial charge in [-0.25, -0.2) is 4.79 Å². The van der Waals surface area contributed by atoms with Crippen molar-refractivity contribution in [2.45, 2.75) is 50.6 Å². The second-order valence-electron chi connectivity index (χ2n) is 6.99. The second-order valence-corrected chi connectivity index (χ2v) is 6.99. The molecule has 1 aromatic heterocycles. The summed E-state index contributed by atoms with van der Waals surface area (Å²) in [7, 11) is 0. The lowest BCUT2D eigenvalue weighted by Crippen LogP contribution is -2.42. The molecule has 4 rings (SSSR count). The van der Waals surface area contributed by atoms with Crippen molar-refractivity contribution in [3.63, 3.8) is 0 Å². The molecule has 3 N–H and O–H groups in total. The average molecular weight is 365 g/mol. The topological polar surface area (TPSA) is 81.0 Å². The monoisotopic (exact) mass is 364 g/mol. The van der Waals surface area contributed by atoms with Crippen molar-refractivity contribution in [2.75, 3.05) is 13.1 Å². The zero-order valence-electron chi connectivity index (χ0n) is 14.2. The fourth-order valence-electron chi connectivity index (χ4n) is 4.20. The Labute approximate surface area is 152 Å². The zero-order chi connectivity index (χ0) is 16.5. The number of rotatable bonds is 4. The Hall–Kier alpha value is -1.79. The van der Waals surface area contributed by atoms with Crippen LogP contribution in [0.5, 0.6) is 0 Å². The van der Waals surface area contributed by atoms with Crippen molar-refractivity contribution < 1.29 is 4.79 Å². The van der Waals surface area contributed by atoms with Crippen LogP contribution >= 0.6 is 12.4 Å². The first-order valence-electron chi connectivity index (χ1n) is 8.93. The molecule has 7 heteroatoms. The Balaban J connectivity index is 0.00000182. The number of fused-ring (bicyclic) bond motifs is 3. The molecule has 1 aromatic carbocycles. The number of carbonyl (C=O) groups excluding carboxylic acids is 1. The lowest BCUT2D eigenvalue weighted by Gasteiger charge is -2.28. The number of carbonyl (C=O) groups is 1. The molecule has 2 aromatic rings. The van der Waals surface area contributed by atoms with Gasteiger partial charge in [0.05, 0.1) is 11.0 Å². The van der Waals surface area contributed by atoms with Gasteiger partial charge in [0.25, 0.3) is 0 Å². The van der Waals surface area contributed by atoms with E-state index in [0.717, 1.165) is 61.8 Å². The van der Waals surface area contributed by atoms with Crippen LogP contribution in [0.2, 0.25) is 0 Å². The molecule has 0 radical (unpaired) electrons. The number of benzene rings is 1. The molecule has 1 amide bonds. The number of aromatic amines is 2. The Kier molecular flexibility index (Phi) is 5.49. The van der Waals surface area contributed by atoms with E-state index in [1.54, 1.807) is 0 Å². The number of imidazole rings is 1. The van der Waals surface area contributed by atoms with Crippen LogP contribution in [0, 0.1) is 0 Å². The van der Waals surface area contributed by atoms with Gasteiger partial charge in [0.15, 0.2) is 0 Å². The molecule has 2 saturated heterocycles. The quantitative estimate of drug-likeness (QED) is 0.775. The van der Waals surface area contributed by atoms with Gasteiger partial charge in [-0.1, -0.05) is 6.07 Å². The van der Waals surface area contributed by atoms with Crippen LogP contribution in [0.25, 0.3) is 11.0 Å². The lowest BCUT2D eigenvalue weighted by atomic mass is 10.1. The summed E-state index contributed by atoms with van der Waals surface area (Å²) in [6.07, 6.45) is 5.70. The fourth-order valence-corrected chi connectivity index (χ4v) is 4.20. The van der Waals surface area contributed by atoms with Gasteiger partial charge in [0.2, 0.25) is 5.91 Å². The average Bonchev–Trinajstić information content (AvgIpc) is 3.04. The van der Waals surface area contributed by atoms with Gasteiger partial charge in [0.1, 0.15) is 0 Å². The van der Waals surface area contributed by atoms with Crippen LogP contribution in [-0.4, -0.2) is 45.9 Å². The number of aryl methyl sites for hydroxylation is 1. The molecule has 2 atom stereocenters. The van der Waals surface area contributed by atoms with E-state index in [-0.39, 0.29) is 18.1 Å². The van der Waals surface area contributed by atoms with E-state index in [9.17, 15) is 9.59 Å². The highest BCUT2D eigenvalue weighted by Gasteiger charge is 2.37. The van der Waals surface area contributed by atoms with Crippen LogP contribution in [-0.2, 0) is 11.2 Å². The Bertz CT molecular complexity index is 786. The molecule has 6 nitrogen and oxygen atoms in total. The van der Waals surface area contributed by atoms with Crippen LogP contribution in [0.3, 0.4) is 0 Å². The van der Waals surface area contributed by atoms with E-state index in [4.69, 9.17) is 0 Å². The third-order valence-electron chi connectivity index (χ3n) is 5.38. The van der Waals surface area contributed by atoms with Crippen molar-refractivity contribution in [1.82, 2.24) is 20.2 Å². The van der Waals surface area contributed by atoms with Gasteiger partial charge in [0, 0.05) is 25.0 Å². The molecular weight excluding hydrogens is 340 g/mol. The minimum atomic E-state index is -0.178. The maximum Gasteiger partial charge on any atom is 0.323 e. The normalized spacial score (nSPS) is 22.6. The predicted molar refractivity (Wildman–Crippen MR) is 100 cm³/mol. The van der Waals surface area contributed by atoms with E-state index < -0.39 is 0 Å². The van der Waals surface area contributed by atoms with Crippen LogP contribution in [0.1, 0.15) is 37.7 Å². The first kappa shape index (κ1) is 18.0. The summed E-state index contributed by atoms with van der Waals surface area (Å²) in [5.74, 6) is 0.308. The van der Waals surface area contributed by atoms with E-state index in [1.807, 2.05) is 18.2 Å². The van der Waals surface area contributed by atoms with Crippen molar-refractivity contribution in [3.05, 3.63) is 34.2 Å². The van der Waals surface area contributed by atoms with Gasteiger partial charge in [-0.05, 0) is 56.3 Å². The molecule has 2 aliphatic rings. The molecule has 0 saturated carbocycles. The third kappa shape index (κ3) is 3.75. The van der Waals surface area contributed by atoms with Gasteiger partial charge in [-0.2, -0.15) is 0 Å². The highest BCUT2D eigenvalue weighted by atomic mass is 35.5. The summed E-state index contributed by atoms with van der Waals surface area (Å²) in [6.45, 7) is 1.97. The van der Waals surface area contributed by atoms with E-state index in [1.165, 1.54) is 0 Å². The number of hydrogen-bond donors (Lipinski definition) is 3. The van der Waals surface area contributed by atoms with Crippen molar-refractivity contribution in [1.29, 1.82) is 0 Å². The van der Waals surface area contributed by atoms with Crippen molar-refractivity contribution in [3.8, 4) is 0 Å². The second kappa shape index (κ2) is 7.62. The summed E-state index contributed by atoms with van der Waals surface area (Å²) < 4.78 is 0. The number of H-pyrrole nitrogens is 2. The van der Waals surface area contributed by atoms with Gasteiger partial charge >= 0.3 is 5.69 Å². The number of hydrogen-bond acceptors (Lipinski definition) is 3. The third-order valence-corrected chi connectivity index (χ3v) is 5.38. The minimum Gasteiger partial charge on any atom is -0.335 e. The molecule has 2 bridgehead atoms. The Morgan fingerprint density at radius 3 is 2.80 bits per heavy atom. The zero-order valence-corrected chi connectivity index (χ0v) is 15.0. The number of nitrogens with zero attached hydrogens (tertiary/aromatic N) is 1. The molecule has 0 aliphatic carbocycles. The van der Waals surface area contributed by atoms with E-state index in [2.05, 4.69) is 20.2 Å². The molecule has 136 valence electrons. The van der Waals surface area contributed by atoms with Crippen LogP contribution in [0.4, 0.5) is 0 Å². The van der Waals surface area contributed by atoms with Crippen LogP contribution in [0.15, 0.2) is 23.0 Å². The first-order chi connectivity index (χ1) is 11.7. The van der Waals surface area contributed by atoms with Gasteiger partial charge in [-0.15, -0.1) is 12.4 Å². The van der Waals surface area contributed by atoms with E-state index in [0.29, 0.717) is 24.4 Å². The van der Waals surface area contributed by atoms with E-state index >= 15 is 0 Å². The minimum absolute atomic E-state index is 0. The smallest absolute Gasteiger partial charge is 0.323 e. The lowest BCUT2D eigenvalue weighted by molar-refractivity contribution is -0.133. The molecular formula is C18H25ClN4O2. The fraction of sp³-hybridized carbons (Fsp3) is 0.556. The summed E-state index contributed by atoms with van der Waals surface area (Å²) in [5, 5.41) is 3.44. The highest BCUT2D eigenvalue weighted by Crippen LogP contribution is 2.28. The molecule has 2 fully saturated rings. The first-order valence-corrected chi connectivity index (χ1v) is 8.93. The maximum absolute atomic E-state index is 12.7. The summed E-state index contributed by atoms with van der Waals surface area (Å²) in [4.78, 5) is 31.7. The standard InChI is InChI=1S/C18H24N4O2.ClH/c23-17(22-13-5-6-14(22)11-19-9-8-13)3-1-2-12-4-7-15-16(10-12)21-18(24)20-15;/h4,7,10,13-14,19H,1-3,5-6,8-9,11H2,(H2,20,21,24);1H. The Morgan fingerprint density at radius 1 is 1.12 bits per heavy atom. The van der Waals surface area contributed by atoms with Crippen LogP contribution < -0.4 is 11.0 Å². The molecule has 0 spiro atoms. The SMILES string of the molecule is Cl.O=C(CCCc1ccc2[nH]c(=O)[nH]c2c1)N1C2CCNCC1CC2. The Morgan fingerprint density at radius 2 is 1.92 bits per heavy atom. The van der Waals surface area contributed by atoms with Gasteiger partial charge in [-0.3, -0.25) is 4.79 Å². The summed E-state index contributed by atoms with van der Waals surface area (Å²) >= 11 is 0. The largest absolute Gasteiger partial charge is 0.335 e. The molecule has 2 unspecified atom stereocenters. The van der Waals surface area contributed by atoms with Crippen molar-refractivity contribution >= 4 is 29.3 Å². The number of nitrogens with one attached hydrogen (secondary N) is 3. The van der Waals surface area contributed by atoms with Crippen molar-refractivity contribution in [2.24, 2.45) is 0 Å². The summed E-state index contributed by atoms with van der Waals surface area (Å²) in [6, 6.07) is 6.78. The molecule has 25 heavy (non-hydrogen) atoms. The van der Waals surface area contributed by atoms with Gasteiger partial charge < -0.3 is 20.2 Å². The summed E-state index contributed by atoms with van der Waals surface area (Å²) in [5.41, 5.74) is 2.64.